The number of aromatic hydroxyl groups is 1. The topological polar surface area (TPSA) is 150 Å². The summed E-state index contributed by atoms with van der Waals surface area (Å²) in [6.45, 7) is 3.15. The molecule has 2 aliphatic heterocycles. The van der Waals surface area contributed by atoms with Gasteiger partial charge in [0, 0.05) is 48.2 Å². The number of hydrogen-bond donors (Lipinski definition) is 5. The minimum absolute atomic E-state index is 0. The molecule has 0 radical (unpaired) electrons. The monoisotopic (exact) mass is 592 g/mol. The highest BCUT2D eigenvalue weighted by Crippen LogP contribution is 2.28. The molecule has 0 unspecified atom stereocenters. The second-order valence-electron chi connectivity index (χ2n) is 10.6. The maximum Gasteiger partial charge on any atom is 0.251 e. The van der Waals surface area contributed by atoms with Crippen molar-refractivity contribution in [3.63, 3.8) is 0 Å². The van der Waals surface area contributed by atoms with E-state index in [4.69, 9.17) is 5.73 Å². The summed E-state index contributed by atoms with van der Waals surface area (Å²) in [5.74, 6) is -0.695. The van der Waals surface area contributed by atoms with E-state index in [0.717, 1.165) is 44.6 Å². The molecule has 42 heavy (non-hydrogen) atoms. The lowest BCUT2D eigenvalue weighted by molar-refractivity contribution is 0.0882. The third kappa shape index (κ3) is 7.37. The van der Waals surface area contributed by atoms with E-state index in [-0.39, 0.29) is 59.2 Å². The first-order chi connectivity index (χ1) is 19.9. The third-order valence-electron chi connectivity index (χ3n) is 7.75. The van der Waals surface area contributed by atoms with E-state index in [1.807, 2.05) is 6.07 Å². The maximum atomic E-state index is 13.3. The Hall–Kier alpha value is -4.15. The Bertz CT molecular complexity index is 1410. The van der Waals surface area contributed by atoms with Crippen molar-refractivity contribution in [3.8, 4) is 5.75 Å². The molecular weight excluding hydrogens is 556 g/mol. The van der Waals surface area contributed by atoms with Gasteiger partial charge in [-0.2, -0.15) is 0 Å². The van der Waals surface area contributed by atoms with Crippen molar-refractivity contribution in [1.29, 1.82) is 0 Å². The Morgan fingerprint density at radius 2 is 1.55 bits per heavy atom. The van der Waals surface area contributed by atoms with Crippen molar-refractivity contribution >= 4 is 41.5 Å². The number of carbonyl (C=O) groups is 3. The van der Waals surface area contributed by atoms with Crippen LogP contribution in [0.3, 0.4) is 0 Å². The number of nitrogen functional groups attached to an aromatic ring is 1. The van der Waals surface area contributed by atoms with Crippen molar-refractivity contribution in [2.75, 3.05) is 36.8 Å². The van der Waals surface area contributed by atoms with Crippen LogP contribution in [-0.2, 0) is 0 Å². The van der Waals surface area contributed by atoms with Crippen LogP contribution in [0.1, 0.15) is 68.7 Å². The molecule has 222 valence electrons. The number of piperidine rings is 1. The van der Waals surface area contributed by atoms with Gasteiger partial charge in [0.15, 0.2) is 5.78 Å². The summed E-state index contributed by atoms with van der Waals surface area (Å²) in [5.41, 5.74) is 8.07. The third-order valence-corrected chi connectivity index (χ3v) is 7.75. The zero-order chi connectivity index (χ0) is 28.8. The first-order valence-corrected chi connectivity index (χ1v) is 14.2. The van der Waals surface area contributed by atoms with Crippen LogP contribution in [0, 0.1) is 0 Å². The molecule has 3 aromatic rings. The van der Waals surface area contributed by atoms with E-state index in [1.54, 1.807) is 42.5 Å². The highest BCUT2D eigenvalue weighted by molar-refractivity contribution is 6.11. The van der Waals surface area contributed by atoms with Crippen LogP contribution in [0.25, 0.3) is 0 Å². The number of rotatable bonds is 7. The van der Waals surface area contributed by atoms with Gasteiger partial charge in [-0.15, -0.1) is 12.4 Å². The standard InChI is InChI=1S/C31H36N6O4.ClH/c32-28-17-22(12-14-34-28)31(41)36-26-19-33-13-4-5-25(26)35-30(40)21-8-6-20(7-9-21)29(39)24-18-23(10-11-27(24)38)37-15-2-1-3-16-37;/h6-12,14,17-18,25-26,33,38H,1-5,13,15-16,19H2,(H2,32,34)(H,35,40)(H,36,41);1H/t25-,26-;/m1./s1. The Morgan fingerprint density at radius 3 is 2.29 bits per heavy atom. The van der Waals surface area contributed by atoms with Crippen LogP contribution in [0.4, 0.5) is 11.5 Å². The maximum absolute atomic E-state index is 13.3. The van der Waals surface area contributed by atoms with Gasteiger partial charge in [-0.1, -0.05) is 12.1 Å². The summed E-state index contributed by atoms with van der Waals surface area (Å²) in [6.07, 6.45) is 6.43. The lowest BCUT2D eigenvalue weighted by atomic mass is 9.99. The van der Waals surface area contributed by atoms with Crippen LogP contribution in [-0.4, -0.2) is 66.0 Å². The number of halogens is 1. The fraction of sp³-hybridized carbons (Fsp3) is 0.355. The largest absolute Gasteiger partial charge is 0.507 e. The Kier molecular flexibility index (Phi) is 10.4. The fourth-order valence-corrected chi connectivity index (χ4v) is 5.45. The van der Waals surface area contributed by atoms with Crippen molar-refractivity contribution in [1.82, 2.24) is 20.9 Å². The number of nitrogens with zero attached hydrogens (tertiary/aromatic N) is 2. The van der Waals surface area contributed by atoms with Crippen molar-refractivity contribution < 1.29 is 19.5 Å². The first kappa shape index (κ1) is 30.8. The van der Waals surface area contributed by atoms with E-state index in [9.17, 15) is 19.5 Å². The van der Waals surface area contributed by atoms with Gasteiger partial charge in [-0.3, -0.25) is 14.4 Å². The number of ketones is 1. The Morgan fingerprint density at radius 1 is 0.857 bits per heavy atom. The number of anilines is 2. The second kappa shape index (κ2) is 14.2. The lowest BCUT2D eigenvalue weighted by Gasteiger charge is -2.29. The molecule has 1 aromatic heterocycles. The number of carbonyl (C=O) groups excluding carboxylic acids is 3. The summed E-state index contributed by atoms with van der Waals surface area (Å²) < 4.78 is 0. The molecule has 2 amide bonds. The summed E-state index contributed by atoms with van der Waals surface area (Å²) in [6, 6.07) is 14.1. The van der Waals surface area contributed by atoms with Crippen LogP contribution in [0.15, 0.2) is 60.8 Å². The smallest absolute Gasteiger partial charge is 0.251 e. The van der Waals surface area contributed by atoms with Crippen molar-refractivity contribution in [2.24, 2.45) is 0 Å². The van der Waals surface area contributed by atoms with Crippen molar-refractivity contribution in [2.45, 2.75) is 44.2 Å². The number of hydrogen-bond acceptors (Lipinski definition) is 8. The molecule has 0 bridgehead atoms. The quantitative estimate of drug-likeness (QED) is 0.262. The average molecular weight is 593 g/mol. The minimum atomic E-state index is -0.334. The molecular formula is C31H37ClN6O4. The highest BCUT2D eigenvalue weighted by atomic mass is 35.5. The van der Waals surface area contributed by atoms with Crippen LogP contribution < -0.4 is 26.6 Å². The predicted molar refractivity (Wildman–Crippen MR) is 165 cm³/mol. The SMILES string of the molecule is Cl.Nc1cc(C(=O)N[C@@H]2CNCCC[C@H]2NC(=O)c2ccc(C(=O)c3cc(N4CCCCC4)ccc3O)cc2)ccn1. The predicted octanol–water partition coefficient (Wildman–Crippen LogP) is 3.29. The molecule has 5 rings (SSSR count). The summed E-state index contributed by atoms with van der Waals surface area (Å²) in [4.78, 5) is 45.5. The van der Waals surface area contributed by atoms with Gasteiger partial charge in [0.05, 0.1) is 17.6 Å². The van der Waals surface area contributed by atoms with E-state index in [2.05, 4.69) is 25.8 Å². The first-order valence-electron chi connectivity index (χ1n) is 14.2. The number of phenols is 1. The van der Waals surface area contributed by atoms with Gasteiger partial charge in [0.1, 0.15) is 11.6 Å². The van der Waals surface area contributed by atoms with Gasteiger partial charge < -0.3 is 31.7 Å². The number of benzene rings is 2. The molecule has 0 spiro atoms. The fourth-order valence-electron chi connectivity index (χ4n) is 5.45. The van der Waals surface area contributed by atoms with E-state index in [1.165, 1.54) is 18.7 Å². The van der Waals surface area contributed by atoms with Crippen LogP contribution >= 0.6 is 12.4 Å². The second-order valence-corrected chi connectivity index (χ2v) is 10.6. The summed E-state index contributed by atoms with van der Waals surface area (Å²) >= 11 is 0. The molecule has 3 heterocycles. The molecule has 2 atom stereocenters. The number of nitrogens with two attached hydrogens (primary N) is 1. The lowest BCUT2D eigenvalue weighted by Crippen LogP contribution is -2.54. The van der Waals surface area contributed by atoms with E-state index < -0.39 is 0 Å². The molecule has 0 saturated carbocycles. The molecule has 2 saturated heterocycles. The molecule has 2 aliphatic rings. The van der Waals surface area contributed by atoms with E-state index >= 15 is 0 Å². The Labute approximate surface area is 251 Å². The number of nitrogens with one attached hydrogen (secondary N) is 3. The summed E-state index contributed by atoms with van der Waals surface area (Å²) in [5, 5.41) is 19.8. The number of phenolic OH excluding ortho intramolecular Hbond substituents is 1. The zero-order valence-electron chi connectivity index (χ0n) is 23.3. The molecule has 2 fully saturated rings. The minimum Gasteiger partial charge on any atom is -0.507 e. The molecule has 10 nitrogen and oxygen atoms in total. The van der Waals surface area contributed by atoms with Gasteiger partial charge in [0.25, 0.3) is 11.8 Å². The van der Waals surface area contributed by atoms with Crippen LogP contribution in [0.5, 0.6) is 5.75 Å². The van der Waals surface area contributed by atoms with Gasteiger partial charge in [-0.25, -0.2) is 4.98 Å². The van der Waals surface area contributed by atoms with Gasteiger partial charge >= 0.3 is 0 Å². The molecule has 11 heteroatoms. The Balaban J connectivity index is 0.00000405. The average Bonchev–Trinajstić information content (AvgIpc) is 3.22. The molecule has 2 aromatic carbocycles. The van der Waals surface area contributed by atoms with Crippen molar-refractivity contribution in [3.05, 3.63) is 83.0 Å². The number of amides is 2. The normalized spacial score (nSPS) is 18.7. The number of pyridine rings is 1. The van der Waals surface area contributed by atoms with Crippen LogP contribution in [0.2, 0.25) is 0 Å². The summed E-state index contributed by atoms with van der Waals surface area (Å²) in [7, 11) is 0. The van der Waals surface area contributed by atoms with E-state index in [0.29, 0.717) is 29.7 Å². The molecule has 6 N–H and O–H groups in total. The van der Waals surface area contributed by atoms with Gasteiger partial charge in [0.2, 0.25) is 0 Å². The highest BCUT2D eigenvalue weighted by Gasteiger charge is 2.27. The number of aromatic nitrogens is 1. The zero-order valence-corrected chi connectivity index (χ0v) is 24.2. The molecule has 0 aliphatic carbocycles. The van der Waals surface area contributed by atoms with Gasteiger partial charge in [-0.05, 0) is 81.1 Å².